The first-order valence-electron chi connectivity index (χ1n) is 4.61. The highest BCUT2D eigenvalue weighted by molar-refractivity contribution is 7.98. The molecule has 0 aliphatic carbocycles. The minimum atomic E-state index is -0.812. The van der Waals surface area contributed by atoms with Crippen LogP contribution in [0.3, 0.4) is 0 Å². The van der Waals surface area contributed by atoms with Crippen LogP contribution in [0.2, 0.25) is 0 Å². The lowest BCUT2D eigenvalue weighted by Crippen LogP contribution is -2.36. The van der Waals surface area contributed by atoms with Gasteiger partial charge in [0, 0.05) is 12.3 Å². The predicted octanol–water partition coefficient (Wildman–Crippen LogP) is 1.75. The smallest absolute Gasteiger partial charge is 0.214 e. The molecule has 0 fully saturated rings. The van der Waals surface area contributed by atoms with Crippen molar-refractivity contribution in [2.45, 2.75) is 12.5 Å². The molecular weight excluding hydrogens is 215 g/mol. The van der Waals surface area contributed by atoms with Crippen molar-refractivity contribution in [1.82, 2.24) is 4.98 Å². The number of rotatable bonds is 5. The summed E-state index contributed by atoms with van der Waals surface area (Å²) in [5, 5.41) is 12.7. The maximum atomic E-state index is 12.7. The van der Waals surface area contributed by atoms with E-state index in [0.717, 1.165) is 0 Å². The van der Waals surface area contributed by atoms with Gasteiger partial charge < -0.3 is 10.4 Å². The lowest BCUT2D eigenvalue weighted by molar-refractivity contribution is 0.0996. The van der Waals surface area contributed by atoms with E-state index in [1.165, 1.54) is 6.07 Å². The van der Waals surface area contributed by atoms with Crippen LogP contribution in [0, 0.1) is 5.95 Å². The highest BCUT2D eigenvalue weighted by atomic mass is 32.2. The minimum absolute atomic E-state index is 0.351. The Hall–Kier alpha value is -0.810. The molecule has 0 aliphatic rings. The third kappa shape index (κ3) is 4.48. The summed E-state index contributed by atoms with van der Waals surface area (Å²) in [6.45, 7) is 2.08. The van der Waals surface area contributed by atoms with Crippen LogP contribution in [0.25, 0.3) is 0 Å². The third-order valence-corrected chi connectivity index (χ3v) is 2.73. The van der Waals surface area contributed by atoms with Gasteiger partial charge in [-0.3, -0.25) is 0 Å². The fourth-order valence-electron chi connectivity index (χ4n) is 1.15. The van der Waals surface area contributed by atoms with E-state index in [1.807, 2.05) is 6.26 Å². The molecule has 3 nitrogen and oxygen atoms in total. The number of aliphatic hydroxyl groups is 1. The number of aromatic nitrogens is 1. The standard InChI is InChI=1S/C10H15FN2OS/c1-10(14,7-15-2)6-12-9-5-3-4-8(11)13-9/h3-5,14H,6-7H2,1-2H3,(H,12,13). The molecule has 1 heterocycles. The van der Waals surface area contributed by atoms with Gasteiger partial charge in [0.15, 0.2) is 0 Å². The molecule has 0 bridgehead atoms. The van der Waals surface area contributed by atoms with E-state index in [1.54, 1.807) is 30.8 Å². The maximum Gasteiger partial charge on any atom is 0.214 e. The van der Waals surface area contributed by atoms with Crippen molar-refractivity contribution in [3.8, 4) is 0 Å². The van der Waals surface area contributed by atoms with E-state index in [0.29, 0.717) is 18.1 Å². The summed E-state index contributed by atoms with van der Waals surface area (Å²) < 4.78 is 12.7. The molecule has 0 saturated heterocycles. The van der Waals surface area contributed by atoms with Crippen LogP contribution >= 0.6 is 11.8 Å². The molecule has 1 rings (SSSR count). The molecule has 15 heavy (non-hydrogen) atoms. The van der Waals surface area contributed by atoms with E-state index in [9.17, 15) is 9.50 Å². The number of hydrogen-bond acceptors (Lipinski definition) is 4. The summed E-state index contributed by atoms with van der Waals surface area (Å²) in [7, 11) is 0. The molecule has 0 saturated carbocycles. The summed E-state index contributed by atoms with van der Waals surface area (Å²) in [6, 6.07) is 4.53. The summed E-state index contributed by atoms with van der Waals surface area (Å²) in [6.07, 6.45) is 1.93. The van der Waals surface area contributed by atoms with Crippen molar-refractivity contribution in [3.63, 3.8) is 0 Å². The SMILES string of the molecule is CSCC(C)(O)CNc1cccc(F)n1. The van der Waals surface area contributed by atoms with Gasteiger partial charge in [0.05, 0.1) is 5.60 Å². The second-order valence-electron chi connectivity index (χ2n) is 3.63. The summed E-state index contributed by atoms with van der Waals surface area (Å²) in [5.41, 5.74) is -0.812. The van der Waals surface area contributed by atoms with Gasteiger partial charge in [0.25, 0.3) is 0 Å². The number of thioether (sulfide) groups is 1. The summed E-state index contributed by atoms with van der Waals surface area (Å²) in [5.74, 6) is 0.538. The first-order valence-corrected chi connectivity index (χ1v) is 6.01. The van der Waals surface area contributed by atoms with E-state index in [-0.39, 0.29) is 0 Å². The monoisotopic (exact) mass is 230 g/mol. The van der Waals surface area contributed by atoms with Crippen molar-refractivity contribution in [2.75, 3.05) is 23.9 Å². The van der Waals surface area contributed by atoms with Crippen LogP contribution in [0.15, 0.2) is 18.2 Å². The summed E-state index contributed by atoms with van der Waals surface area (Å²) >= 11 is 1.56. The van der Waals surface area contributed by atoms with Gasteiger partial charge in [0.2, 0.25) is 5.95 Å². The van der Waals surface area contributed by atoms with E-state index < -0.39 is 11.5 Å². The van der Waals surface area contributed by atoms with Crippen molar-refractivity contribution in [1.29, 1.82) is 0 Å². The first-order chi connectivity index (χ1) is 7.03. The second kappa shape index (κ2) is 5.32. The number of anilines is 1. The molecule has 0 spiro atoms. The Kier molecular flexibility index (Phi) is 4.35. The van der Waals surface area contributed by atoms with Crippen LogP contribution < -0.4 is 5.32 Å². The minimum Gasteiger partial charge on any atom is -0.387 e. The molecular formula is C10H15FN2OS. The van der Waals surface area contributed by atoms with E-state index >= 15 is 0 Å². The molecule has 0 amide bonds. The zero-order valence-corrected chi connectivity index (χ0v) is 9.64. The Balaban J connectivity index is 2.49. The molecule has 5 heteroatoms. The third-order valence-electron chi connectivity index (χ3n) is 1.82. The van der Waals surface area contributed by atoms with Crippen molar-refractivity contribution in [3.05, 3.63) is 24.1 Å². The van der Waals surface area contributed by atoms with Gasteiger partial charge in [-0.25, -0.2) is 4.98 Å². The van der Waals surface area contributed by atoms with Crippen molar-refractivity contribution in [2.24, 2.45) is 0 Å². The van der Waals surface area contributed by atoms with Gasteiger partial charge in [-0.05, 0) is 25.3 Å². The lowest BCUT2D eigenvalue weighted by atomic mass is 10.1. The quantitative estimate of drug-likeness (QED) is 0.756. The van der Waals surface area contributed by atoms with Gasteiger partial charge in [-0.2, -0.15) is 16.2 Å². The summed E-state index contributed by atoms with van der Waals surface area (Å²) in [4.78, 5) is 3.64. The molecule has 2 N–H and O–H groups in total. The van der Waals surface area contributed by atoms with Gasteiger partial charge in [0.1, 0.15) is 5.82 Å². The Morgan fingerprint density at radius 2 is 2.33 bits per heavy atom. The number of halogens is 1. The Bertz CT molecular complexity index is 320. The Labute approximate surface area is 93.1 Å². The molecule has 1 aromatic heterocycles. The van der Waals surface area contributed by atoms with Crippen LogP contribution in [0.4, 0.5) is 10.2 Å². The molecule has 1 aromatic rings. The lowest BCUT2D eigenvalue weighted by Gasteiger charge is -2.22. The predicted molar refractivity (Wildman–Crippen MR) is 61.7 cm³/mol. The Morgan fingerprint density at radius 1 is 1.60 bits per heavy atom. The molecule has 0 radical (unpaired) electrons. The molecule has 0 aromatic carbocycles. The fourth-order valence-corrected chi connectivity index (χ4v) is 1.87. The zero-order valence-electron chi connectivity index (χ0n) is 8.83. The molecule has 1 atom stereocenters. The van der Waals surface area contributed by atoms with Gasteiger partial charge in [-0.15, -0.1) is 0 Å². The normalized spacial score (nSPS) is 14.7. The second-order valence-corrected chi connectivity index (χ2v) is 4.50. The largest absolute Gasteiger partial charge is 0.387 e. The van der Waals surface area contributed by atoms with Crippen molar-refractivity contribution >= 4 is 17.6 Å². The van der Waals surface area contributed by atoms with E-state index in [2.05, 4.69) is 10.3 Å². The number of nitrogens with zero attached hydrogens (tertiary/aromatic N) is 1. The van der Waals surface area contributed by atoms with E-state index in [4.69, 9.17) is 0 Å². The maximum absolute atomic E-state index is 12.7. The van der Waals surface area contributed by atoms with Crippen LogP contribution in [0.1, 0.15) is 6.92 Å². The zero-order chi connectivity index (χ0) is 11.3. The fraction of sp³-hybridized carbons (Fsp3) is 0.500. The first kappa shape index (κ1) is 12.3. The highest BCUT2D eigenvalue weighted by Crippen LogP contribution is 2.12. The van der Waals surface area contributed by atoms with Gasteiger partial charge in [-0.1, -0.05) is 6.07 Å². The van der Waals surface area contributed by atoms with Crippen LogP contribution in [0.5, 0.6) is 0 Å². The molecule has 0 aliphatic heterocycles. The average molecular weight is 230 g/mol. The topological polar surface area (TPSA) is 45.1 Å². The average Bonchev–Trinajstić information content (AvgIpc) is 2.15. The van der Waals surface area contributed by atoms with Crippen LogP contribution in [-0.2, 0) is 0 Å². The number of nitrogens with one attached hydrogen (secondary N) is 1. The van der Waals surface area contributed by atoms with Crippen LogP contribution in [-0.4, -0.2) is 34.2 Å². The number of pyridine rings is 1. The molecule has 84 valence electrons. The van der Waals surface area contributed by atoms with Crippen molar-refractivity contribution < 1.29 is 9.50 Å². The Morgan fingerprint density at radius 3 is 2.93 bits per heavy atom. The highest BCUT2D eigenvalue weighted by Gasteiger charge is 2.19. The number of hydrogen-bond donors (Lipinski definition) is 2. The van der Waals surface area contributed by atoms with Gasteiger partial charge >= 0.3 is 0 Å². The molecule has 1 unspecified atom stereocenters.